The van der Waals surface area contributed by atoms with E-state index >= 15 is 0 Å². The minimum Gasteiger partial charge on any atom is -0.393 e. The number of nitrogens with zero attached hydrogens (tertiary/aromatic N) is 1. The number of halogens is 1. The first-order valence-electron chi connectivity index (χ1n) is 10.8. The molecule has 0 fully saturated rings. The first kappa shape index (κ1) is 27.9. The minimum absolute atomic E-state index is 0.0449. The van der Waals surface area contributed by atoms with E-state index in [-0.39, 0.29) is 41.1 Å². The number of aliphatic hydroxyl groups is 1. The third kappa shape index (κ3) is 7.66. The normalized spacial score (nSPS) is 14.6. The highest BCUT2D eigenvalue weighted by Gasteiger charge is 2.20. The van der Waals surface area contributed by atoms with Gasteiger partial charge in [-0.05, 0) is 31.2 Å². The van der Waals surface area contributed by atoms with Crippen LogP contribution in [0.4, 0.5) is 5.69 Å². The molecule has 0 saturated carbocycles. The van der Waals surface area contributed by atoms with Gasteiger partial charge >= 0.3 is 0 Å². The lowest BCUT2D eigenvalue weighted by atomic mass is 10.1. The van der Waals surface area contributed by atoms with Crippen LogP contribution < -0.4 is 21.1 Å². The Kier molecular flexibility index (Phi) is 9.70. The van der Waals surface area contributed by atoms with Crippen molar-refractivity contribution in [3.05, 3.63) is 52.5 Å². The average Bonchev–Trinajstić information content (AvgIpc) is 2.82. The molecule has 3 rings (SSSR count). The molecule has 194 valence electrons. The zero-order chi connectivity index (χ0) is 26.3. The van der Waals surface area contributed by atoms with Crippen molar-refractivity contribution in [2.24, 2.45) is 10.3 Å². The van der Waals surface area contributed by atoms with E-state index < -0.39 is 22.0 Å². The van der Waals surface area contributed by atoms with Gasteiger partial charge in [0, 0.05) is 35.7 Å². The summed E-state index contributed by atoms with van der Waals surface area (Å²) in [6.07, 6.45) is -0.843. The predicted molar refractivity (Wildman–Crippen MR) is 138 cm³/mol. The number of rotatable bonds is 11. The van der Waals surface area contributed by atoms with E-state index in [1.54, 1.807) is 6.92 Å². The lowest BCUT2D eigenvalue weighted by Crippen LogP contribution is -2.36. The van der Waals surface area contributed by atoms with Crippen LogP contribution in [-0.4, -0.2) is 69.1 Å². The van der Waals surface area contributed by atoms with E-state index in [4.69, 9.17) is 21.6 Å². The molecule has 0 aliphatic carbocycles. The number of anilines is 1. The van der Waals surface area contributed by atoms with Crippen molar-refractivity contribution in [3.63, 3.8) is 0 Å². The Labute approximate surface area is 217 Å². The molecule has 36 heavy (non-hydrogen) atoms. The first-order valence-corrected chi connectivity index (χ1v) is 13.7. The molecule has 6 N–H and O–H groups in total. The Hall–Kier alpha value is -2.68. The third-order valence-electron chi connectivity index (χ3n) is 4.96. The van der Waals surface area contributed by atoms with Crippen LogP contribution in [0.1, 0.15) is 22.8 Å². The van der Waals surface area contributed by atoms with Crippen LogP contribution in [0.3, 0.4) is 0 Å². The second-order valence-electron chi connectivity index (χ2n) is 7.80. The molecule has 2 aromatic rings. The number of primary sulfonamides is 1. The van der Waals surface area contributed by atoms with Crippen LogP contribution >= 0.6 is 23.4 Å². The molecule has 1 heterocycles. The highest BCUT2D eigenvalue weighted by Crippen LogP contribution is 2.34. The number of amides is 2. The van der Waals surface area contributed by atoms with Gasteiger partial charge in [0.05, 0.1) is 22.2 Å². The molecule has 0 spiro atoms. The molecule has 0 bridgehead atoms. The average molecular weight is 556 g/mol. The number of carbonyl (C=O) groups excluding carboxylic acids is 2. The summed E-state index contributed by atoms with van der Waals surface area (Å²) in [4.78, 5) is 29.7. The lowest BCUT2D eigenvalue weighted by Gasteiger charge is -2.19. The Morgan fingerprint density at radius 1 is 1.33 bits per heavy atom. The molecule has 2 amide bonds. The fraction of sp³-hybridized carbons (Fsp3) is 0.318. The van der Waals surface area contributed by atoms with Gasteiger partial charge in [-0.3, -0.25) is 9.59 Å². The maximum atomic E-state index is 12.2. The van der Waals surface area contributed by atoms with Gasteiger partial charge in [-0.1, -0.05) is 28.9 Å². The Balaban J connectivity index is 1.39. The highest BCUT2D eigenvalue weighted by molar-refractivity contribution is 8.00. The van der Waals surface area contributed by atoms with Crippen molar-refractivity contribution in [1.29, 1.82) is 0 Å². The second kappa shape index (κ2) is 12.5. The highest BCUT2D eigenvalue weighted by atomic mass is 35.5. The molecule has 1 aliphatic heterocycles. The molecule has 1 atom stereocenters. The summed E-state index contributed by atoms with van der Waals surface area (Å²) in [5, 5.41) is 27.6. The van der Waals surface area contributed by atoms with Gasteiger partial charge in [-0.15, -0.1) is 11.8 Å². The minimum atomic E-state index is -4.05. The summed E-state index contributed by atoms with van der Waals surface area (Å²) >= 11 is 7.26. The van der Waals surface area contributed by atoms with Gasteiger partial charge in [0.1, 0.15) is 17.6 Å². The van der Waals surface area contributed by atoms with Gasteiger partial charge in [0.2, 0.25) is 15.9 Å². The number of hydrogen-bond acceptors (Lipinski definition) is 9. The van der Waals surface area contributed by atoms with Gasteiger partial charge in [0.25, 0.3) is 5.91 Å². The number of nitrogens with two attached hydrogens (primary N) is 1. The first-order chi connectivity index (χ1) is 17.1. The molecular weight excluding hydrogens is 530 g/mol. The summed E-state index contributed by atoms with van der Waals surface area (Å²) < 4.78 is 23.1. The zero-order valence-corrected chi connectivity index (χ0v) is 21.7. The number of hydrogen-bond donors (Lipinski definition) is 5. The van der Waals surface area contributed by atoms with Crippen molar-refractivity contribution in [2.75, 3.05) is 37.3 Å². The number of oxime groups is 1. The van der Waals surface area contributed by atoms with E-state index in [2.05, 4.69) is 21.1 Å². The van der Waals surface area contributed by atoms with E-state index in [0.29, 0.717) is 18.0 Å². The molecule has 11 nitrogen and oxygen atoms in total. The number of aliphatic hydroxyl groups excluding tert-OH is 1. The van der Waals surface area contributed by atoms with Crippen molar-refractivity contribution >= 4 is 56.6 Å². The van der Waals surface area contributed by atoms with E-state index in [9.17, 15) is 23.1 Å². The summed E-state index contributed by atoms with van der Waals surface area (Å²) in [6, 6.07) is 9.33. The van der Waals surface area contributed by atoms with Gasteiger partial charge in [0.15, 0.2) is 0 Å². The van der Waals surface area contributed by atoms with Crippen LogP contribution in [0.25, 0.3) is 0 Å². The number of fused-ring (bicyclic) bond motifs is 1. The molecule has 0 aromatic heterocycles. The summed E-state index contributed by atoms with van der Waals surface area (Å²) in [6.45, 7) is 2.51. The standard InChI is InChI=1S/C22H26ClN5O6S2/c1-13(16-3-2-4-18-21(16)35-12-20(30)27-18)28-34-11-15(29)10-25-7-8-26-22(31)14-5-6-17(23)19(9-14)36(24,32)33/h2-6,9,15,25,29H,7-8,10-12H2,1H3,(H,26,31)(H,27,30)(H2,24,32,33)/b28-13+. The fourth-order valence-corrected chi connectivity index (χ4v) is 5.29. The van der Waals surface area contributed by atoms with Gasteiger partial charge in [-0.25, -0.2) is 13.6 Å². The SMILES string of the molecule is C/C(=N\OCC(O)CNCCNC(=O)c1ccc(Cl)c(S(N)(=O)=O)c1)c1cccc2c1SCC(=O)N2. The molecular formula is C22H26ClN5O6S2. The zero-order valence-electron chi connectivity index (χ0n) is 19.3. The quantitative estimate of drug-likeness (QED) is 0.156. The van der Waals surface area contributed by atoms with Crippen LogP contribution in [0.2, 0.25) is 5.02 Å². The van der Waals surface area contributed by atoms with Crippen molar-refractivity contribution in [3.8, 4) is 0 Å². The molecule has 1 unspecified atom stereocenters. The Bertz CT molecular complexity index is 1270. The number of thioether (sulfide) groups is 1. The second-order valence-corrected chi connectivity index (χ2v) is 10.7. The molecule has 0 saturated heterocycles. The topological polar surface area (TPSA) is 172 Å². The molecule has 2 aromatic carbocycles. The Morgan fingerprint density at radius 3 is 2.86 bits per heavy atom. The predicted octanol–water partition coefficient (Wildman–Crippen LogP) is 1.15. The van der Waals surface area contributed by atoms with Gasteiger partial charge in [-0.2, -0.15) is 0 Å². The Morgan fingerprint density at radius 2 is 2.11 bits per heavy atom. The van der Waals surface area contributed by atoms with Crippen LogP contribution in [-0.2, 0) is 19.7 Å². The fourth-order valence-electron chi connectivity index (χ4n) is 3.23. The summed E-state index contributed by atoms with van der Waals surface area (Å²) in [5.74, 6) is -0.209. The number of carbonyl (C=O) groups is 2. The van der Waals surface area contributed by atoms with Crippen molar-refractivity contribution in [1.82, 2.24) is 10.6 Å². The van der Waals surface area contributed by atoms with Crippen molar-refractivity contribution < 1.29 is 28.0 Å². The van der Waals surface area contributed by atoms with E-state index in [1.807, 2.05) is 18.2 Å². The monoisotopic (exact) mass is 555 g/mol. The molecule has 1 aliphatic rings. The smallest absolute Gasteiger partial charge is 0.251 e. The number of sulfonamides is 1. The van der Waals surface area contributed by atoms with E-state index in [1.165, 1.54) is 23.9 Å². The maximum absolute atomic E-state index is 12.2. The van der Waals surface area contributed by atoms with E-state index in [0.717, 1.165) is 22.2 Å². The molecule has 14 heteroatoms. The largest absolute Gasteiger partial charge is 0.393 e. The summed E-state index contributed by atoms with van der Waals surface area (Å²) in [5.41, 5.74) is 2.30. The van der Waals surface area contributed by atoms with Crippen LogP contribution in [0, 0.1) is 0 Å². The van der Waals surface area contributed by atoms with Crippen molar-refractivity contribution in [2.45, 2.75) is 22.8 Å². The van der Waals surface area contributed by atoms with Gasteiger partial charge < -0.3 is 25.9 Å². The lowest BCUT2D eigenvalue weighted by molar-refractivity contribution is -0.113. The number of nitrogens with one attached hydrogen (secondary N) is 3. The number of benzene rings is 2. The third-order valence-corrected chi connectivity index (χ3v) is 7.49. The molecule has 0 radical (unpaired) electrons. The van der Waals surface area contributed by atoms with Crippen LogP contribution in [0.15, 0.2) is 51.3 Å². The summed E-state index contributed by atoms with van der Waals surface area (Å²) in [7, 11) is -4.05. The van der Waals surface area contributed by atoms with Crippen LogP contribution in [0.5, 0.6) is 0 Å². The maximum Gasteiger partial charge on any atom is 0.251 e.